The van der Waals surface area contributed by atoms with Gasteiger partial charge in [-0.25, -0.2) is 24.4 Å². The Morgan fingerprint density at radius 3 is 1.94 bits per heavy atom. The number of phenols is 1. The fourth-order valence-electron chi connectivity index (χ4n) is 6.48. The molecule has 1 heterocycles. The van der Waals surface area contributed by atoms with Crippen molar-refractivity contribution in [3.8, 4) is 33.8 Å². The van der Waals surface area contributed by atoms with Gasteiger partial charge in [-0.3, -0.25) is 9.79 Å². The SMILES string of the molecule is C=CC(=O)OCCNC(=O)OCC(CC)(COC=O)COC(=O)C(C)Oc1ccc(C2=NC(c3ccc(-c4ccccc4)cc3)=NCC(c3ccc(-c4ccccc4)cc3)=N2)c(O)c1. The fourth-order valence-corrected chi connectivity index (χ4v) is 6.48. The zero-order valence-corrected chi connectivity index (χ0v) is 35.5. The summed E-state index contributed by atoms with van der Waals surface area (Å²) in [5.74, 6) is -0.782. The van der Waals surface area contributed by atoms with Gasteiger partial charge < -0.3 is 34.1 Å². The Morgan fingerprint density at radius 1 is 0.750 bits per heavy atom. The van der Waals surface area contributed by atoms with Crippen LogP contribution in [0.5, 0.6) is 11.5 Å². The number of aliphatic imine (C=N–C) groups is 3. The topological polar surface area (TPSA) is 184 Å². The van der Waals surface area contributed by atoms with Gasteiger partial charge in [-0.2, -0.15) is 0 Å². The summed E-state index contributed by atoms with van der Waals surface area (Å²) in [6.45, 7) is 6.11. The monoisotopic (exact) mass is 864 g/mol. The number of rotatable bonds is 20. The lowest BCUT2D eigenvalue weighted by atomic mass is 9.88. The lowest BCUT2D eigenvalue weighted by molar-refractivity contribution is -0.158. The molecule has 2 unspecified atom stereocenters. The molecule has 1 amide bonds. The number of nitrogens with zero attached hydrogens (tertiary/aromatic N) is 3. The first-order valence-electron chi connectivity index (χ1n) is 20.5. The molecule has 2 atom stereocenters. The third kappa shape index (κ3) is 12.4. The highest BCUT2D eigenvalue weighted by molar-refractivity contribution is 6.20. The molecular weight excluding hydrogens is 817 g/mol. The molecule has 6 rings (SSSR count). The second kappa shape index (κ2) is 22.3. The summed E-state index contributed by atoms with van der Waals surface area (Å²) < 4.78 is 26.6. The lowest BCUT2D eigenvalue weighted by Gasteiger charge is -2.30. The largest absolute Gasteiger partial charge is 0.507 e. The number of alkyl carbamates (subject to hydrolysis) is 1. The zero-order valence-electron chi connectivity index (χ0n) is 35.5. The number of hydrogen-bond acceptors (Lipinski definition) is 13. The Bertz CT molecular complexity index is 2510. The molecule has 1 aliphatic rings. The fraction of sp³-hybridized carbons (Fsp3) is 0.220. The number of phenolic OH excluding ortho intramolecular Hbond substituents is 1. The van der Waals surface area contributed by atoms with E-state index in [4.69, 9.17) is 38.7 Å². The van der Waals surface area contributed by atoms with Crippen molar-refractivity contribution in [2.24, 2.45) is 20.4 Å². The summed E-state index contributed by atoms with van der Waals surface area (Å²) in [5.41, 5.74) is 5.72. The van der Waals surface area contributed by atoms with Crippen LogP contribution in [0.15, 0.2) is 155 Å². The van der Waals surface area contributed by atoms with Crippen LogP contribution in [0, 0.1) is 5.41 Å². The molecule has 64 heavy (non-hydrogen) atoms. The third-order valence-electron chi connectivity index (χ3n) is 10.3. The number of aromatic hydroxyl groups is 1. The smallest absolute Gasteiger partial charge is 0.407 e. The maximum Gasteiger partial charge on any atom is 0.407 e. The van der Waals surface area contributed by atoms with Gasteiger partial charge >= 0.3 is 18.0 Å². The molecule has 0 aromatic heterocycles. The van der Waals surface area contributed by atoms with Crippen LogP contribution in [0.4, 0.5) is 4.79 Å². The van der Waals surface area contributed by atoms with Crippen molar-refractivity contribution in [1.82, 2.24) is 5.32 Å². The van der Waals surface area contributed by atoms with Crippen LogP contribution in [0.3, 0.4) is 0 Å². The van der Waals surface area contributed by atoms with E-state index >= 15 is 0 Å². The first-order valence-corrected chi connectivity index (χ1v) is 20.5. The second-order valence-corrected chi connectivity index (χ2v) is 14.7. The number of hydrogen-bond donors (Lipinski definition) is 2. The summed E-state index contributed by atoms with van der Waals surface area (Å²) in [7, 11) is 0. The van der Waals surface area contributed by atoms with Crippen molar-refractivity contribution in [1.29, 1.82) is 0 Å². The number of carbonyl (C=O) groups excluding carboxylic acids is 4. The number of esters is 2. The predicted molar refractivity (Wildman–Crippen MR) is 243 cm³/mol. The van der Waals surface area contributed by atoms with Crippen LogP contribution < -0.4 is 10.1 Å². The van der Waals surface area contributed by atoms with Crippen LogP contribution in [0.25, 0.3) is 22.3 Å². The summed E-state index contributed by atoms with van der Waals surface area (Å²) in [6.07, 6.45) is -0.675. The van der Waals surface area contributed by atoms with Gasteiger partial charge in [0.15, 0.2) is 17.8 Å². The highest BCUT2D eigenvalue weighted by Gasteiger charge is 2.34. The van der Waals surface area contributed by atoms with Crippen LogP contribution in [0.1, 0.15) is 37.0 Å². The molecule has 0 fully saturated rings. The van der Waals surface area contributed by atoms with Crippen LogP contribution in [0.2, 0.25) is 0 Å². The van der Waals surface area contributed by atoms with E-state index in [1.165, 1.54) is 13.0 Å². The van der Waals surface area contributed by atoms with E-state index in [-0.39, 0.29) is 63.3 Å². The summed E-state index contributed by atoms with van der Waals surface area (Å²) >= 11 is 0. The van der Waals surface area contributed by atoms with Gasteiger partial charge in [0.25, 0.3) is 6.47 Å². The van der Waals surface area contributed by atoms with E-state index < -0.39 is 29.6 Å². The predicted octanol–water partition coefficient (Wildman–Crippen LogP) is 7.76. The van der Waals surface area contributed by atoms with Crippen molar-refractivity contribution in [2.75, 3.05) is 39.5 Å². The molecule has 0 spiro atoms. The standard InChI is InChI=1S/C50H48N4O10/c1-4-45(57)61-27-26-51-49(59)63-32-50(5-2,30-60-33-55)31-62-48(58)34(3)64-41-24-25-42(44(56)28-41)47-53-43(39-20-16-37(17-21-39)35-12-8-6-9-13-35)29-52-46(54-47)40-22-18-38(19-23-40)36-14-10-7-11-15-36/h4,6-25,28,33-34,56H,1,5,26-27,29-32H2,2-3H3,(H,51,59). The van der Waals surface area contributed by atoms with Crippen molar-refractivity contribution in [2.45, 2.75) is 26.4 Å². The molecule has 14 heteroatoms. The molecule has 0 saturated carbocycles. The molecule has 0 saturated heterocycles. The Balaban J connectivity index is 1.17. The lowest BCUT2D eigenvalue weighted by Crippen LogP contribution is -2.41. The van der Waals surface area contributed by atoms with Gasteiger partial charge in [-0.05, 0) is 53.3 Å². The molecule has 1 aliphatic heterocycles. The normalized spacial score (nSPS) is 13.6. The minimum Gasteiger partial charge on any atom is -0.507 e. The van der Waals surface area contributed by atoms with E-state index in [0.29, 0.717) is 23.5 Å². The van der Waals surface area contributed by atoms with Gasteiger partial charge in [-0.15, -0.1) is 0 Å². The van der Waals surface area contributed by atoms with Gasteiger partial charge in [0.2, 0.25) is 0 Å². The average molecular weight is 865 g/mol. The Kier molecular flexibility index (Phi) is 15.9. The maximum atomic E-state index is 13.2. The minimum atomic E-state index is -1.15. The highest BCUT2D eigenvalue weighted by Crippen LogP contribution is 2.29. The molecule has 0 radical (unpaired) electrons. The third-order valence-corrected chi connectivity index (χ3v) is 10.3. The van der Waals surface area contributed by atoms with E-state index in [2.05, 4.69) is 11.9 Å². The summed E-state index contributed by atoms with van der Waals surface area (Å²) in [4.78, 5) is 62.6. The van der Waals surface area contributed by atoms with Crippen LogP contribution in [-0.2, 0) is 33.3 Å². The average Bonchev–Trinajstić information content (AvgIpc) is 3.57. The zero-order chi connectivity index (χ0) is 45.3. The first-order chi connectivity index (χ1) is 31.1. The first kappa shape index (κ1) is 45.7. The minimum absolute atomic E-state index is 0.0195. The van der Waals surface area contributed by atoms with Crippen molar-refractivity contribution in [3.05, 3.63) is 157 Å². The number of amides is 1. The van der Waals surface area contributed by atoms with Crippen LogP contribution >= 0.6 is 0 Å². The Morgan fingerprint density at radius 2 is 1.34 bits per heavy atom. The number of carbonyl (C=O) groups is 4. The second-order valence-electron chi connectivity index (χ2n) is 14.7. The summed E-state index contributed by atoms with van der Waals surface area (Å²) in [6, 6.07) is 40.6. The maximum absolute atomic E-state index is 13.2. The Labute approximate surface area is 371 Å². The van der Waals surface area contributed by atoms with E-state index in [9.17, 15) is 24.3 Å². The summed E-state index contributed by atoms with van der Waals surface area (Å²) in [5, 5.41) is 13.9. The van der Waals surface area contributed by atoms with Crippen molar-refractivity contribution in [3.63, 3.8) is 0 Å². The highest BCUT2D eigenvalue weighted by atomic mass is 16.6. The number of ether oxygens (including phenoxy) is 5. The van der Waals surface area contributed by atoms with Gasteiger partial charge in [0.05, 0.1) is 29.8 Å². The number of benzene rings is 5. The Hall–Kier alpha value is -7.87. The van der Waals surface area contributed by atoms with Gasteiger partial charge in [-0.1, -0.05) is 123 Å². The van der Waals surface area contributed by atoms with E-state index in [1.54, 1.807) is 19.1 Å². The van der Waals surface area contributed by atoms with Gasteiger partial charge in [0.1, 0.15) is 37.9 Å². The molecule has 0 aliphatic carbocycles. The van der Waals surface area contributed by atoms with Crippen molar-refractivity contribution >= 4 is 41.9 Å². The van der Waals surface area contributed by atoms with E-state index in [0.717, 1.165) is 39.5 Å². The molecular formula is C50H48N4O10. The number of nitrogens with one attached hydrogen (secondary N) is 1. The quantitative estimate of drug-likeness (QED) is 0.0258. The molecule has 328 valence electrons. The van der Waals surface area contributed by atoms with E-state index in [1.807, 2.05) is 109 Å². The molecule has 5 aromatic carbocycles. The number of amidine groups is 2. The molecule has 2 N–H and O–H groups in total. The van der Waals surface area contributed by atoms with Crippen LogP contribution in [-0.4, -0.2) is 92.6 Å². The molecule has 0 bridgehead atoms. The molecule has 5 aromatic rings. The molecule has 14 nitrogen and oxygen atoms in total. The van der Waals surface area contributed by atoms with Crippen molar-refractivity contribution < 1.29 is 48.0 Å². The van der Waals surface area contributed by atoms with Gasteiger partial charge in [0, 0.05) is 17.7 Å².